The molecule has 2 aliphatic heterocycles. The lowest BCUT2D eigenvalue weighted by Gasteiger charge is -2.19. The smallest absolute Gasteiger partial charge is 0.248 e. The number of hydrogen-bond acceptors (Lipinski definition) is 6. The van der Waals surface area contributed by atoms with E-state index < -0.39 is 5.91 Å². The topological polar surface area (TPSA) is 90.7 Å². The maximum absolute atomic E-state index is 13.2. The Labute approximate surface area is 168 Å². The second-order valence-corrected chi connectivity index (χ2v) is 7.99. The molecule has 27 heavy (non-hydrogen) atoms. The van der Waals surface area contributed by atoms with E-state index in [1.165, 1.54) is 16.2 Å². The van der Waals surface area contributed by atoms with Crippen molar-refractivity contribution in [3.63, 3.8) is 0 Å². The van der Waals surface area contributed by atoms with Crippen molar-refractivity contribution in [1.82, 2.24) is 4.90 Å². The van der Waals surface area contributed by atoms with Crippen LogP contribution in [0.1, 0.15) is 24.6 Å². The van der Waals surface area contributed by atoms with E-state index >= 15 is 0 Å². The van der Waals surface area contributed by atoms with Crippen molar-refractivity contribution in [3.8, 4) is 23.6 Å². The van der Waals surface area contributed by atoms with Crippen LogP contribution in [0.4, 0.5) is 0 Å². The zero-order chi connectivity index (χ0) is 19.6. The van der Waals surface area contributed by atoms with Gasteiger partial charge >= 0.3 is 0 Å². The maximum atomic E-state index is 13.2. The van der Waals surface area contributed by atoms with Crippen LogP contribution in [0.5, 0.6) is 11.5 Å². The van der Waals surface area contributed by atoms with Crippen molar-refractivity contribution in [2.45, 2.75) is 19.8 Å². The molecule has 136 valence electrons. The molecule has 1 amide bonds. The van der Waals surface area contributed by atoms with Crippen LogP contribution in [-0.2, 0) is 4.79 Å². The highest BCUT2D eigenvalue weighted by Crippen LogP contribution is 2.53. The molecule has 3 rings (SSSR count). The molecule has 0 atom stereocenters. The number of nitrogens with zero attached hydrogens (tertiary/aromatic N) is 4. The molecule has 0 unspecified atom stereocenters. The van der Waals surface area contributed by atoms with E-state index in [1.54, 1.807) is 0 Å². The van der Waals surface area contributed by atoms with Gasteiger partial charge in [-0.05, 0) is 22.4 Å². The average Bonchev–Trinajstić information content (AvgIpc) is 3.16. The lowest BCUT2D eigenvalue weighted by atomic mass is 10.1. The van der Waals surface area contributed by atoms with Gasteiger partial charge in [0.2, 0.25) is 11.6 Å². The number of nitriles is 2. The minimum absolute atomic E-state index is 0.0000680. The molecular weight excluding hydrogens is 432 g/mol. The second kappa shape index (κ2) is 7.84. The molecule has 0 saturated carbocycles. The Bertz CT molecular complexity index is 988. The first kappa shape index (κ1) is 19.0. The summed E-state index contributed by atoms with van der Waals surface area (Å²) in [6, 6.07) is 3.62. The lowest BCUT2D eigenvalue weighted by Crippen LogP contribution is -2.27. The summed E-state index contributed by atoms with van der Waals surface area (Å²) < 4.78 is 12.0. The summed E-state index contributed by atoms with van der Waals surface area (Å²) >= 11 is 4.65. The van der Waals surface area contributed by atoms with Crippen LogP contribution >= 0.6 is 27.3 Å². The number of carbonyl (C=O) groups is 1. The van der Waals surface area contributed by atoms with Gasteiger partial charge in [-0.2, -0.15) is 10.5 Å². The number of unbranched alkanes of at least 4 members (excludes halogenated alkanes) is 1. The zero-order valence-corrected chi connectivity index (χ0v) is 16.7. The number of ether oxygens (including phenoxy) is 2. The molecule has 2 aliphatic rings. The first-order valence-corrected chi connectivity index (χ1v) is 9.76. The number of allylic oxidation sites excluding steroid dienone is 1. The van der Waals surface area contributed by atoms with Gasteiger partial charge in [-0.3, -0.25) is 4.79 Å². The molecule has 0 spiro atoms. The number of amides is 1. The van der Waals surface area contributed by atoms with E-state index in [9.17, 15) is 15.3 Å². The van der Waals surface area contributed by atoms with Crippen molar-refractivity contribution in [2.75, 3.05) is 19.8 Å². The molecular formula is C18H13BrN4O3S. The third-order valence-electron chi connectivity index (χ3n) is 4.08. The van der Waals surface area contributed by atoms with Crippen LogP contribution in [0.15, 0.2) is 20.8 Å². The predicted molar refractivity (Wildman–Crippen MR) is 101 cm³/mol. The number of thiophene rings is 1. The normalized spacial score (nSPS) is 15.4. The van der Waals surface area contributed by atoms with Crippen molar-refractivity contribution in [1.29, 1.82) is 10.5 Å². The highest BCUT2D eigenvalue weighted by atomic mass is 79.9. The minimum Gasteiger partial charge on any atom is -0.485 e. The first-order valence-electron chi connectivity index (χ1n) is 8.15. The molecule has 0 fully saturated rings. The zero-order valence-electron chi connectivity index (χ0n) is 14.3. The van der Waals surface area contributed by atoms with Crippen LogP contribution in [0.25, 0.3) is 10.4 Å². The molecule has 1 aromatic rings. The van der Waals surface area contributed by atoms with E-state index in [-0.39, 0.29) is 22.5 Å². The summed E-state index contributed by atoms with van der Waals surface area (Å²) in [7, 11) is 0. The van der Waals surface area contributed by atoms with Gasteiger partial charge in [0.1, 0.15) is 34.7 Å². The molecule has 3 heterocycles. The van der Waals surface area contributed by atoms with Gasteiger partial charge in [-0.25, -0.2) is 4.85 Å². The summed E-state index contributed by atoms with van der Waals surface area (Å²) in [5.74, 6) is 0.511. The van der Waals surface area contributed by atoms with Crippen molar-refractivity contribution < 1.29 is 14.3 Å². The van der Waals surface area contributed by atoms with Crippen molar-refractivity contribution >= 4 is 38.7 Å². The lowest BCUT2D eigenvalue weighted by molar-refractivity contribution is -0.122. The summed E-state index contributed by atoms with van der Waals surface area (Å²) in [5.41, 5.74) is -0.0166. The average molecular weight is 445 g/mol. The monoisotopic (exact) mass is 444 g/mol. The van der Waals surface area contributed by atoms with Crippen LogP contribution < -0.4 is 9.47 Å². The minimum atomic E-state index is -0.404. The standard InChI is InChI=1S/C18H13BrN4O3S/c1-3-4-5-23-13(10(8-20)9-21)12(22-2)11(18(23)24)16-14-15(17(19)27-16)26-7-6-25-14/h3-7H2,1H3. The first-order chi connectivity index (χ1) is 13.1. The van der Waals surface area contributed by atoms with Crippen LogP contribution in [0.3, 0.4) is 0 Å². The molecule has 0 saturated heterocycles. The molecule has 7 nitrogen and oxygen atoms in total. The molecule has 0 aliphatic carbocycles. The van der Waals surface area contributed by atoms with Gasteiger partial charge in [0.05, 0.1) is 22.7 Å². The highest BCUT2D eigenvalue weighted by molar-refractivity contribution is 9.11. The van der Waals surface area contributed by atoms with E-state index in [4.69, 9.17) is 16.0 Å². The number of rotatable bonds is 4. The molecule has 1 aromatic heterocycles. The largest absolute Gasteiger partial charge is 0.485 e. The van der Waals surface area contributed by atoms with Gasteiger partial charge in [-0.1, -0.05) is 13.3 Å². The van der Waals surface area contributed by atoms with Crippen LogP contribution in [-0.4, -0.2) is 30.6 Å². The summed E-state index contributed by atoms with van der Waals surface area (Å²) in [5, 5.41) is 18.7. The maximum Gasteiger partial charge on any atom is 0.248 e. The fourth-order valence-electron chi connectivity index (χ4n) is 2.89. The molecule has 9 heteroatoms. The Morgan fingerprint density at radius 2 is 2.00 bits per heavy atom. The number of hydrogen-bond donors (Lipinski definition) is 0. The van der Waals surface area contributed by atoms with E-state index in [1.807, 2.05) is 19.1 Å². The fourth-order valence-corrected chi connectivity index (χ4v) is 4.63. The fraction of sp³-hybridized carbons (Fsp3) is 0.333. The predicted octanol–water partition coefficient (Wildman–Crippen LogP) is 3.86. The summed E-state index contributed by atoms with van der Waals surface area (Å²) in [6.45, 7) is 10.6. The summed E-state index contributed by atoms with van der Waals surface area (Å²) in [4.78, 5) is 18.5. The van der Waals surface area contributed by atoms with Crippen LogP contribution in [0, 0.1) is 29.2 Å². The Morgan fingerprint density at radius 3 is 2.59 bits per heavy atom. The Hall–Kier alpha value is -2.80. The highest BCUT2D eigenvalue weighted by Gasteiger charge is 2.41. The summed E-state index contributed by atoms with van der Waals surface area (Å²) in [6.07, 6.45) is 1.51. The number of halogens is 1. The number of fused-ring (bicyclic) bond motifs is 1. The SMILES string of the molecule is [C-]#[N+]C1=C(c2sc(Br)c3c2OCCO3)C(=O)N(CCCC)C1=C(C#N)C#N. The molecule has 0 aromatic carbocycles. The van der Waals surface area contributed by atoms with Gasteiger partial charge in [0.25, 0.3) is 0 Å². The third kappa shape index (κ3) is 3.08. The molecule has 0 N–H and O–H groups in total. The second-order valence-electron chi connectivity index (χ2n) is 5.65. The van der Waals surface area contributed by atoms with Crippen molar-refractivity contribution in [3.05, 3.63) is 37.0 Å². The Kier molecular flexibility index (Phi) is 5.51. The third-order valence-corrected chi connectivity index (χ3v) is 5.89. The van der Waals surface area contributed by atoms with Crippen molar-refractivity contribution in [2.24, 2.45) is 0 Å². The van der Waals surface area contributed by atoms with Gasteiger partial charge < -0.3 is 14.4 Å². The number of carbonyl (C=O) groups excluding carboxylic acids is 1. The molecule has 0 bridgehead atoms. The van der Waals surface area contributed by atoms with Gasteiger partial charge in [-0.15, -0.1) is 11.3 Å². The van der Waals surface area contributed by atoms with E-state index in [0.29, 0.717) is 46.3 Å². The Balaban J connectivity index is 2.26. The van der Waals surface area contributed by atoms with Gasteiger partial charge in [0, 0.05) is 6.54 Å². The Morgan fingerprint density at radius 1 is 1.33 bits per heavy atom. The van der Waals surface area contributed by atoms with E-state index in [0.717, 1.165) is 6.42 Å². The van der Waals surface area contributed by atoms with Gasteiger partial charge in [0.15, 0.2) is 11.5 Å². The quantitative estimate of drug-likeness (QED) is 0.519. The van der Waals surface area contributed by atoms with E-state index in [2.05, 4.69) is 20.8 Å². The molecule has 0 radical (unpaired) electrons. The van der Waals surface area contributed by atoms with Crippen LogP contribution in [0.2, 0.25) is 0 Å².